The molecule has 5 nitrogen and oxygen atoms in total. The average molecular weight is 253 g/mol. The summed E-state index contributed by atoms with van der Waals surface area (Å²) in [4.78, 5) is 25.6. The van der Waals surface area contributed by atoms with Gasteiger partial charge in [0.15, 0.2) is 5.54 Å². The molecule has 1 atom stereocenters. The van der Waals surface area contributed by atoms with Crippen LogP contribution in [0, 0.1) is 0 Å². The monoisotopic (exact) mass is 253 g/mol. The summed E-state index contributed by atoms with van der Waals surface area (Å²) in [6.45, 7) is 9.61. The van der Waals surface area contributed by atoms with Gasteiger partial charge in [-0.25, -0.2) is 9.59 Å². The van der Waals surface area contributed by atoms with Crippen molar-refractivity contribution in [3.63, 3.8) is 0 Å². The molecule has 0 N–H and O–H groups in total. The SMILES string of the molecule is C=C1CC2(CCCN2C(=O)OC(C)(C)C)C(=O)O1. The molecule has 18 heavy (non-hydrogen) atoms. The number of esters is 1. The quantitative estimate of drug-likeness (QED) is 0.621. The van der Waals surface area contributed by atoms with E-state index in [1.54, 1.807) is 20.8 Å². The van der Waals surface area contributed by atoms with Crippen molar-refractivity contribution in [2.45, 2.75) is 51.2 Å². The van der Waals surface area contributed by atoms with Crippen LogP contribution in [-0.4, -0.2) is 34.6 Å². The van der Waals surface area contributed by atoms with E-state index in [0.29, 0.717) is 25.1 Å². The Hall–Kier alpha value is -1.52. The van der Waals surface area contributed by atoms with Crippen molar-refractivity contribution in [1.82, 2.24) is 4.90 Å². The molecule has 100 valence electrons. The van der Waals surface area contributed by atoms with Crippen LogP contribution in [0.1, 0.15) is 40.0 Å². The number of carbonyl (C=O) groups is 2. The predicted octanol–water partition coefficient (Wildman–Crippen LogP) is 2.22. The van der Waals surface area contributed by atoms with Gasteiger partial charge >= 0.3 is 12.1 Å². The van der Waals surface area contributed by atoms with E-state index < -0.39 is 17.2 Å². The molecule has 0 aliphatic carbocycles. The summed E-state index contributed by atoms with van der Waals surface area (Å²) in [6, 6.07) is 0. The molecule has 1 spiro atoms. The number of cyclic esters (lactones) is 1. The second kappa shape index (κ2) is 4.00. The number of amides is 1. The summed E-state index contributed by atoms with van der Waals surface area (Å²) in [5, 5.41) is 0. The number of likely N-dealkylation sites (tertiary alicyclic amines) is 1. The van der Waals surface area contributed by atoms with Gasteiger partial charge in [0.25, 0.3) is 0 Å². The van der Waals surface area contributed by atoms with Crippen LogP contribution in [0.25, 0.3) is 0 Å². The molecular formula is C13H19NO4. The maximum absolute atomic E-state index is 12.1. The lowest BCUT2D eigenvalue weighted by Crippen LogP contribution is -2.51. The van der Waals surface area contributed by atoms with Gasteiger partial charge in [0, 0.05) is 13.0 Å². The number of ether oxygens (including phenoxy) is 2. The highest BCUT2D eigenvalue weighted by atomic mass is 16.6. The Kier molecular flexibility index (Phi) is 2.87. The third kappa shape index (κ3) is 2.09. The average Bonchev–Trinajstić information content (AvgIpc) is 2.70. The Labute approximate surface area is 107 Å². The van der Waals surface area contributed by atoms with Crippen LogP contribution in [0.3, 0.4) is 0 Å². The van der Waals surface area contributed by atoms with Gasteiger partial charge in [-0.05, 0) is 33.6 Å². The van der Waals surface area contributed by atoms with Crippen LogP contribution in [0.15, 0.2) is 12.3 Å². The van der Waals surface area contributed by atoms with Crippen molar-refractivity contribution < 1.29 is 19.1 Å². The minimum atomic E-state index is -0.876. The van der Waals surface area contributed by atoms with Gasteiger partial charge in [-0.2, -0.15) is 0 Å². The lowest BCUT2D eigenvalue weighted by molar-refractivity contribution is -0.144. The summed E-state index contributed by atoms with van der Waals surface area (Å²) in [7, 11) is 0. The largest absolute Gasteiger partial charge is 0.444 e. The Bertz CT molecular complexity index is 410. The highest BCUT2D eigenvalue weighted by molar-refractivity contribution is 5.89. The van der Waals surface area contributed by atoms with Crippen LogP contribution in [-0.2, 0) is 14.3 Å². The highest BCUT2D eigenvalue weighted by Gasteiger charge is 2.56. The van der Waals surface area contributed by atoms with Crippen LogP contribution in [0.2, 0.25) is 0 Å². The van der Waals surface area contributed by atoms with Crippen molar-refractivity contribution in [2.75, 3.05) is 6.54 Å². The maximum atomic E-state index is 12.1. The molecule has 2 rings (SSSR count). The topological polar surface area (TPSA) is 55.8 Å². The van der Waals surface area contributed by atoms with E-state index >= 15 is 0 Å². The molecule has 1 unspecified atom stereocenters. The lowest BCUT2D eigenvalue weighted by Gasteiger charge is -2.32. The van der Waals surface area contributed by atoms with Gasteiger partial charge in [0.1, 0.15) is 11.4 Å². The Morgan fingerprint density at radius 2 is 2.17 bits per heavy atom. The fourth-order valence-corrected chi connectivity index (χ4v) is 2.52. The van der Waals surface area contributed by atoms with Gasteiger partial charge < -0.3 is 9.47 Å². The first-order valence-electron chi connectivity index (χ1n) is 6.15. The van der Waals surface area contributed by atoms with Gasteiger partial charge in [-0.1, -0.05) is 6.58 Å². The van der Waals surface area contributed by atoms with Gasteiger partial charge in [0.05, 0.1) is 0 Å². The molecule has 2 aliphatic rings. The van der Waals surface area contributed by atoms with E-state index in [1.165, 1.54) is 4.90 Å². The third-order valence-corrected chi connectivity index (χ3v) is 3.21. The fourth-order valence-electron chi connectivity index (χ4n) is 2.52. The molecule has 0 aromatic carbocycles. The Balaban J connectivity index is 2.20. The molecule has 2 aliphatic heterocycles. The first kappa shape index (κ1) is 12.9. The molecule has 0 saturated carbocycles. The number of hydrogen-bond acceptors (Lipinski definition) is 4. The second-order valence-electron chi connectivity index (χ2n) is 5.87. The number of nitrogens with zero attached hydrogens (tertiary/aromatic N) is 1. The van der Waals surface area contributed by atoms with Crippen molar-refractivity contribution in [3.8, 4) is 0 Å². The van der Waals surface area contributed by atoms with E-state index in [9.17, 15) is 9.59 Å². The Morgan fingerprint density at radius 3 is 2.67 bits per heavy atom. The molecule has 0 radical (unpaired) electrons. The van der Waals surface area contributed by atoms with E-state index in [1.807, 2.05) is 0 Å². The standard InChI is InChI=1S/C13H19NO4/c1-9-8-13(10(15)17-9)6-5-7-14(13)11(16)18-12(2,3)4/h1,5-8H2,2-4H3. The van der Waals surface area contributed by atoms with E-state index in [2.05, 4.69) is 6.58 Å². The number of hydrogen-bond donors (Lipinski definition) is 0. The molecule has 5 heteroatoms. The molecular weight excluding hydrogens is 234 g/mol. The number of rotatable bonds is 0. The molecule has 0 aromatic rings. The van der Waals surface area contributed by atoms with E-state index in [-0.39, 0.29) is 5.97 Å². The van der Waals surface area contributed by atoms with Crippen molar-refractivity contribution >= 4 is 12.1 Å². The zero-order chi connectivity index (χ0) is 13.6. The van der Waals surface area contributed by atoms with Crippen LogP contribution >= 0.6 is 0 Å². The molecule has 2 fully saturated rings. The van der Waals surface area contributed by atoms with Crippen molar-refractivity contribution in [3.05, 3.63) is 12.3 Å². The fraction of sp³-hybridized carbons (Fsp3) is 0.692. The summed E-state index contributed by atoms with van der Waals surface area (Å²) in [5.74, 6) is 0.0475. The second-order valence-corrected chi connectivity index (χ2v) is 5.87. The smallest absolute Gasteiger partial charge is 0.411 e. The van der Waals surface area contributed by atoms with Crippen molar-refractivity contribution in [2.24, 2.45) is 0 Å². The molecule has 0 bridgehead atoms. The Morgan fingerprint density at radius 1 is 1.50 bits per heavy atom. The minimum absolute atomic E-state index is 0.379. The molecule has 1 amide bonds. The van der Waals surface area contributed by atoms with Crippen LogP contribution in [0.5, 0.6) is 0 Å². The normalized spacial score (nSPS) is 27.8. The zero-order valence-corrected chi connectivity index (χ0v) is 11.1. The first-order chi connectivity index (χ1) is 8.24. The van der Waals surface area contributed by atoms with Gasteiger partial charge in [-0.15, -0.1) is 0 Å². The number of carbonyl (C=O) groups excluding carboxylic acids is 2. The first-order valence-corrected chi connectivity index (χ1v) is 6.15. The van der Waals surface area contributed by atoms with Crippen molar-refractivity contribution in [1.29, 1.82) is 0 Å². The molecule has 2 saturated heterocycles. The summed E-state index contributed by atoms with van der Waals surface area (Å²) >= 11 is 0. The zero-order valence-electron chi connectivity index (χ0n) is 11.1. The maximum Gasteiger partial charge on any atom is 0.411 e. The summed E-state index contributed by atoms with van der Waals surface area (Å²) in [6.07, 6.45) is 1.32. The van der Waals surface area contributed by atoms with Gasteiger partial charge in [0.2, 0.25) is 0 Å². The van der Waals surface area contributed by atoms with E-state index in [4.69, 9.17) is 9.47 Å². The summed E-state index contributed by atoms with van der Waals surface area (Å²) in [5.41, 5.74) is -1.44. The van der Waals surface area contributed by atoms with E-state index in [0.717, 1.165) is 6.42 Å². The van der Waals surface area contributed by atoms with Gasteiger partial charge in [-0.3, -0.25) is 4.90 Å². The van der Waals surface area contributed by atoms with Crippen LogP contribution in [0.4, 0.5) is 4.79 Å². The predicted molar refractivity (Wildman–Crippen MR) is 64.8 cm³/mol. The molecule has 0 aromatic heterocycles. The molecule has 2 heterocycles. The highest BCUT2D eigenvalue weighted by Crippen LogP contribution is 2.41. The lowest BCUT2D eigenvalue weighted by atomic mass is 9.94. The summed E-state index contributed by atoms with van der Waals surface area (Å²) < 4.78 is 10.4. The van der Waals surface area contributed by atoms with Crippen LogP contribution < -0.4 is 0 Å². The minimum Gasteiger partial charge on any atom is -0.444 e. The third-order valence-electron chi connectivity index (χ3n) is 3.21.